The molecule has 0 radical (unpaired) electrons. The largest absolute Gasteiger partial charge is 0.360 e. The fourth-order valence-corrected chi connectivity index (χ4v) is 3.07. The van der Waals surface area contributed by atoms with Crippen molar-refractivity contribution in [2.24, 2.45) is 9.98 Å². The van der Waals surface area contributed by atoms with Gasteiger partial charge in [0.25, 0.3) is 0 Å². The summed E-state index contributed by atoms with van der Waals surface area (Å²) in [7, 11) is 0. The van der Waals surface area contributed by atoms with Crippen LogP contribution in [0.2, 0.25) is 0 Å². The Morgan fingerprint density at radius 2 is 2.05 bits per heavy atom. The third-order valence-electron chi connectivity index (χ3n) is 3.34. The van der Waals surface area contributed by atoms with Crippen LogP contribution in [0, 0.1) is 0 Å². The second-order valence-corrected chi connectivity index (χ2v) is 5.93. The highest BCUT2D eigenvalue weighted by molar-refractivity contribution is 7.11. The lowest BCUT2D eigenvalue weighted by Gasteiger charge is -2.16. The van der Waals surface area contributed by atoms with E-state index in [1.54, 1.807) is 11.3 Å². The van der Waals surface area contributed by atoms with Crippen molar-refractivity contribution in [1.29, 1.82) is 0 Å². The third kappa shape index (κ3) is 4.04. The number of likely N-dealkylation sites (tertiary alicyclic amines) is 1. The Morgan fingerprint density at radius 1 is 1.30 bits per heavy atom. The second-order valence-electron chi connectivity index (χ2n) is 4.99. The Bertz CT molecular complexity index is 506. The molecule has 3 nitrogen and oxygen atoms in total. The smallest absolute Gasteiger partial charge is 0.128 e. The van der Waals surface area contributed by atoms with E-state index in [4.69, 9.17) is 4.99 Å². The predicted octanol–water partition coefficient (Wildman–Crippen LogP) is 4.43. The van der Waals surface area contributed by atoms with Crippen LogP contribution in [0.15, 0.2) is 33.6 Å². The van der Waals surface area contributed by atoms with E-state index in [9.17, 15) is 0 Å². The maximum absolute atomic E-state index is 4.69. The lowest BCUT2D eigenvalue weighted by atomic mass is 10.3. The molecule has 0 spiro atoms. The van der Waals surface area contributed by atoms with Gasteiger partial charge in [-0.25, -0.2) is 9.98 Å². The molecule has 0 aliphatic carbocycles. The van der Waals surface area contributed by atoms with Crippen LogP contribution in [0.4, 0.5) is 0 Å². The molecular weight excluding hydrogens is 266 g/mol. The molecule has 1 aliphatic rings. The first-order valence-electron chi connectivity index (χ1n) is 7.30. The monoisotopic (exact) mass is 289 g/mol. The summed E-state index contributed by atoms with van der Waals surface area (Å²) in [5.41, 5.74) is 1.04. The second kappa shape index (κ2) is 7.39. The van der Waals surface area contributed by atoms with Crippen LogP contribution in [-0.2, 0) is 0 Å². The molecule has 0 atom stereocenters. The molecule has 1 aliphatic heterocycles. The molecular formula is C16H23N3S. The zero-order valence-electron chi connectivity index (χ0n) is 12.6. The number of rotatable bonds is 3. The average molecular weight is 289 g/mol. The van der Waals surface area contributed by atoms with Gasteiger partial charge in [-0.15, -0.1) is 11.3 Å². The first-order chi connectivity index (χ1) is 9.70. The first kappa shape index (κ1) is 15.0. The van der Waals surface area contributed by atoms with Crippen LogP contribution < -0.4 is 0 Å². The van der Waals surface area contributed by atoms with Crippen LogP contribution in [0.5, 0.6) is 0 Å². The zero-order chi connectivity index (χ0) is 14.4. The Labute approximate surface area is 125 Å². The summed E-state index contributed by atoms with van der Waals surface area (Å²) >= 11 is 1.72. The van der Waals surface area contributed by atoms with E-state index < -0.39 is 0 Å². The number of hydrogen-bond acceptors (Lipinski definition) is 2. The van der Waals surface area contributed by atoms with Gasteiger partial charge in [-0.05, 0) is 44.6 Å². The summed E-state index contributed by atoms with van der Waals surface area (Å²) in [6.07, 6.45) is 5.70. The van der Waals surface area contributed by atoms with Gasteiger partial charge in [-0.1, -0.05) is 19.1 Å². The minimum absolute atomic E-state index is 0.836. The number of thiophene rings is 1. The molecule has 108 valence electrons. The van der Waals surface area contributed by atoms with E-state index in [2.05, 4.69) is 47.3 Å². The fraction of sp³-hybridized carbons (Fsp3) is 0.500. The molecule has 2 rings (SSSR count). The third-order valence-corrected chi connectivity index (χ3v) is 4.23. The summed E-state index contributed by atoms with van der Waals surface area (Å²) in [4.78, 5) is 12.9. The normalized spacial score (nSPS) is 17.9. The highest BCUT2D eigenvalue weighted by Crippen LogP contribution is 2.22. The van der Waals surface area contributed by atoms with Gasteiger partial charge in [-0.2, -0.15) is 0 Å². The maximum Gasteiger partial charge on any atom is 0.128 e. The predicted molar refractivity (Wildman–Crippen MR) is 89.6 cm³/mol. The average Bonchev–Trinajstić information content (AvgIpc) is 3.11. The summed E-state index contributed by atoms with van der Waals surface area (Å²) < 4.78 is 0. The molecule has 1 aromatic heterocycles. The molecule has 1 fully saturated rings. The summed E-state index contributed by atoms with van der Waals surface area (Å²) in [5.74, 6) is 1.92. The van der Waals surface area contributed by atoms with Crippen molar-refractivity contribution in [3.05, 3.63) is 28.5 Å². The van der Waals surface area contributed by atoms with E-state index in [1.807, 2.05) is 6.92 Å². The Balaban J connectivity index is 2.15. The Morgan fingerprint density at radius 3 is 2.65 bits per heavy atom. The van der Waals surface area contributed by atoms with E-state index >= 15 is 0 Å². The molecule has 0 unspecified atom stereocenters. The molecule has 20 heavy (non-hydrogen) atoms. The van der Waals surface area contributed by atoms with Crippen LogP contribution in [-0.4, -0.2) is 29.7 Å². The van der Waals surface area contributed by atoms with Crippen molar-refractivity contribution in [3.63, 3.8) is 0 Å². The summed E-state index contributed by atoms with van der Waals surface area (Å²) in [6, 6.07) is 4.17. The SMILES string of the molecule is CC/C=C(/N=C(C)N=C(C)N1CCCC1)c1cccs1. The lowest BCUT2D eigenvalue weighted by Crippen LogP contribution is -2.25. The summed E-state index contributed by atoms with van der Waals surface area (Å²) in [6.45, 7) is 8.46. The fourth-order valence-electron chi connectivity index (χ4n) is 2.36. The highest BCUT2D eigenvalue weighted by Gasteiger charge is 2.12. The van der Waals surface area contributed by atoms with Crippen molar-refractivity contribution < 1.29 is 0 Å². The molecule has 0 bridgehead atoms. The van der Waals surface area contributed by atoms with Gasteiger partial charge in [0.05, 0.1) is 10.6 Å². The van der Waals surface area contributed by atoms with Crippen LogP contribution in [0.1, 0.15) is 44.9 Å². The van der Waals surface area contributed by atoms with Crippen molar-refractivity contribution in [2.75, 3.05) is 13.1 Å². The Hall–Kier alpha value is -1.42. The topological polar surface area (TPSA) is 28.0 Å². The lowest BCUT2D eigenvalue weighted by molar-refractivity contribution is 0.517. The number of allylic oxidation sites excluding steroid dienone is 1. The summed E-state index contributed by atoms with van der Waals surface area (Å²) in [5, 5.41) is 2.09. The minimum Gasteiger partial charge on any atom is -0.360 e. The van der Waals surface area contributed by atoms with Crippen molar-refractivity contribution >= 4 is 28.7 Å². The minimum atomic E-state index is 0.836. The van der Waals surface area contributed by atoms with Crippen LogP contribution in [0.3, 0.4) is 0 Å². The number of amidine groups is 2. The van der Waals surface area contributed by atoms with Crippen molar-refractivity contribution in [3.8, 4) is 0 Å². The number of nitrogens with zero attached hydrogens (tertiary/aromatic N) is 3. The molecule has 0 aromatic carbocycles. The van der Waals surface area contributed by atoms with Gasteiger partial charge in [0.15, 0.2) is 0 Å². The molecule has 0 saturated carbocycles. The van der Waals surface area contributed by atoms with E-state index in [1.165, 1.54) is 17.7 Å². The first-order valence-corrected chi connectivity index (χ1v) is 8.18. The number of aliphatic imine (C=N–C) groups is 2. The van der Waals surface area contributed by atoms with Crippen LogP contribution >= 0.6 is 11.3 Å². The standard InChI is InChI=1S/C16H23N3S/c1-4-8-15(16-9-7-12-20-16)18-13(2)17-14(3)19-10-5-6-11-19/h7-9,12H,4-6,10-11H2,1-3H3/b15-8+,17-14?,18-13?. The quantitative estimate of drug-likeness (QED) is 0.597. The van der Waals surface area contributed by atoms with Gasteiger partial charge in [0.1, 0.15) is 11.7 Å². The maximum atomic E-state index is 4.69. The van der Waals surface area contributed by atoms with Gasteiger partial charge in [0, 0.05) is 13.1 Å². The van der Waals surface area contributed by atoms with Gasteiger partial charge in [0.2, 0.25) is 0 Å². The van der Waals surface area contributed by atoms with E-state index in [0.717, 1.165) is 36.9 Å². The van der Waals surface area contributed by atoms with E-state index in [-0.39, 0.29) is 0 Å². The van der Waals surface area contributed by atoms with Crippen molar-refractivity contribution in [2.45, 2.75) is 40.0 Å². The van der Waals surface area contributed by atoms with Gasteiger partial charge >= 0.3 is 0 Å². The molecule has 1 aromatic rings. The number of hydrogen-bond donors (Lipinski definition) is 0. The molecule has 2 heterocycles. The molecule has 0 N–H and O–H groups in total. The molecule has 1 saturated heterocycles. The van der Waals surface area contributed by atoms with Gasteiger partial charge in [-0.3, -0.25) is 0 Å². The molecule has 4 heteroatoms. The van der Waals surface area contributed by atoms with E-state index in [0.29, 0.717) is 0 Å². The van der Waals surface area contributed by atoms with Crippen LogP contribution in [0.25, 0.3) is 5.70 Å². The Kier molecular flexibility index (Phi) is 5.53. The van der Waals surface area contributed by atoms with Crippen molar-refractivity contribution in [1.82, 2.24) is 4.90 Å². The van der Waals surface area contributed by atoms with Gasteiger partial charge < -0.3 is 4.90 Å². The highest BCUT2D eigenvalue weighted by atomic mass is 32.1. The zero-order valence-corrected chi connectivity index (χ0v) is 13.4. The molecule has 0 amide bonds.